The number of ketones is 5. The van der Waals surface area contributed by atoms with Crippen molar-refractivity contribution in [1.82, 2.24) is 0 Å². The Kier molecular flexibility index (Phi) is 20.8. The van der Waals surface area contributed by atoms with Crippen molar-refractivity contribution >= 4 is 110 Å². The molecule has 10 aliphatic rings. The van der Waals surface area contributed by atoms with Gasteiger partial charge in [0.1, 0.15) is 9.81 Å². The highest BCUT2D eigenvalue weighted by molar-refractivity contribution is 7.91. The molecule has 0 fully saturated rings. The maximum atomic E-state index is 11.8. The minimum absolute atomic E-state index is 0.0689. The topological polar surface area (TPSA) is 650 Å². The molecule has 0 spiro atoms. The van der Waals surface area contributed by atoms with Crippen LogP contribution in [-0.4, -0.2) is 138 Å². The summed E-state index contributed by atoms with van der Waals surface area (Å²) in [5.74, 6) is -4.10. The Morgan fingerprint density at radius 3 is 1.36 bits per heavy atom. The molecule has 0 amide bonds. The highest BCUT2D eigenvalue weighted by atomic mass is 32.2. The fraction of sp³-hybridized carbons (Fsp3) is 0.180. The first-order valence-electron chi connectivity index (χ1n) is 24.9. The first-order chi connectivity index (χ1) is 41.8. The van der Waals surface area contributed by atoms with Gasteiger partial charge in [-0.3, -0.25) is 60.4 Å². The Morgan fingerprint density at radius 1 is 0.380 bits per heavy atom. The largest absolute Gasteiger partial charge is 0.402 e. The second-order valence-corrected chi connectivity index (χ2v) is 31.7. The molecule has 92 heavy (non-hydrogen) atoms. The van der Waals surface area contributed by atoms with Gasteiger partial charge in [-0.15, -0.1) is 0 Å². The lowest BCUT2D eigenvalue weighted by molar-refractivity contribution is -0.118. The lowest BCUT2D eigenvalue weighted by Gasteiger charge is -2.27. The SMILES string of the molecule is NC1=C(S(=O)(=O)O)C=C2CC(S(=O)(=O)O)=CC(=O)C2C1.NC1=CC(S(=O)(=O)O)=C2C(=O)C=CC(S(=O)(=O)O)=C2C1.NC1=CC=C2C(=O)C=C(S(=O)(=O)O)C=C2C1.NC1=CC=C2C(=O)C=C(S(=O)(=O)O)C=C2C1S(=O)(=O)O.NC1=CC=C2CC(S(=O)(=O)O)=CC(=O)C2C1. The molecular formula is C50H49N5O29S8. The van der Waals surface area contributed by atoms with E-state index in [9.17, 15) is 91.3 Å². The highest BCUT2D eigenvalue weighted by Gasteiger charge is 2.41. The van der Waals surface area contributed by atoms with Crippen LogP contribution in [0.3, 0.4) is 0 Å². The van der Waals surface area contributed by atoms with Gasteiger partial charge in [0.25, 0.3) is 80.9 Å². The van der Waals surface area contributed by atoms with Gasteiger partial charge in [0.2, 0.25) is 0 Å². The summed E-state index contributed by atoms with van der Waals surface area (Å²) in [4.78, 5) is 54.7. The van der Waals surface area contributed by atoms with E-state index in [1.54, 1.807) is 24.3 Å². The van der Waals surface area contributed by atoms with Gasteiger partial charge in [0, 0.05) is 108 Å². The van der Waals surface area contributed by atoms with Crippen LogP contribution < -0.4 is 28.7 Å². The molecular weight excluding hydrogens is 1390 g/mol. The zero-order chi connectivity index (χ0) is 69.7. The Hall–Kier alpha value is -8.05. The summed E-state index contributed by atoms with van der Waals surface area (Å²) in [6, 6.07) is 0. The molecule has 0 heterocycles. The van der Waals surface area contributed by atoms with Crippen LogP contribution in [0.1, 0.15) is 38.5 Å². The number of hydrogen-bond donors (Lipinski definition) is 13. The van der Waals surface area contributed by atoms with Gasteiger partial charge in [0.15, 0.2) is 34.2 Å². The van der Waals surface area contributed by atoms with Crippen LogP contribution in [-0.2, 0) is 105 Å². The van der Waals surface area contributed by atoms with Crippen molar-refractivity contribution in [3.05, 3.63) is 205 Å². The van der Waals surface area contributed by atoms with E-state index < -0.39 is 145 Å². The average Bonchev–Trinajstić information content (AvgIpc) is 0.781. The minimum atomic E-state index is -4.77. The van der Waals surface area contributed by atoms with Crippen LogP contribution in [0.15, 0.2) is 205 Å². The van der Waals surface area contributed by atoms with Gasteiger partial charge < -0.3 is 28.7 Å². The Labute approximate surface area is 523 Å². The molecule has 0 aromatic carbocycles. The molecule has 34 nitrogen and oxygen atoms in total. The lowest BCUT2D eigenvalue weighted by atomic mass is 9.81. The van der Waals surface area contributed by atoms with E-state index in [2.05, 4.69) is 0 Å². The molecule has 0 saturated carbocycles. The number of fused-ring (bicyclic) bond motifs is 5. The molecule has 496 valence electrons. The molecule has 0 aromatic heterocycles. The van der Waals surface area contributed by atoms with Gasteiger partial charge in [-0.05, 0) is 95.7 Å². The molecule has 10 rings (SSSR count). The number of carbonyl (C=O) groups is 5. The van der Waals surface area contributed by atoms with Crippen molar-refractivity contribution in [2.75, 3.05) is 0 Å². The van der Waals surface area contributed by atoms with E-state index in [1.807, 2.05) is 0 Å². The van der Waals surface area contributed by atoms with Crippen molar-refractivity contribution in [2.45, 2.75) is 43.8 Å². The maximum Gasteiger partial charge on any atom is 0.296 e. The Balaban J connectivity index is 0.000000183. The van der Waals surface area contributed by atoms with Gasteiger partial charge in [-0.1, -0.05) is 17.2 Å². The number of hydrogen-bond acceptors (Lipinski definition) is 26. The number of carbonyl (C=O) groups excluding carboxylic acids is 5. The summed E-state index contributed by atoms with van der Waals surface area (Å²) < 4.78 is 250. The number of allylic oxidation sites excluding steroid dienone is 27. The van der Waals surface area contributed by atoms with Crippen LogP contribution in [0, 0.1) is 11.8 Å². The quantitative estimate of drug-likeness (QED) is 0.138. The molecule has 0 aliphatic heterocycles. The van der Waals surface area contributed by atoms with E-state index in [0.29, 0.717) is 47.0 Å². The maximum absolute atomic E-state index is 11.8. The third-order valence-electron chi connectivity index (χ3n) is 13.8. The molecule has 18 N–H and O–H groups in total. The van der Waals surface area contributed by atoms with Crippen molar-refractivity contribution in [2.24, 2.45) is 40.5 Å². The summed E-state index contributed by atoms with van der Waals surface area (Å²) in [5.41, 5.74) is 28.9. The van der Waals surface area contributed by atoms with Crippen molar-refractivity contribution in [3.63, 3.8) is 0 Å². The lowest BCUT2D eigenvalue weighted by Crippen LogP contribution is -2.34. The van der Waals surface area contributed by atoms with Gasteiger partial charge >= 0.3 is 0 Å². The molecule has 0 saturated heterocycles. The number of nitrogens with two attached hydrogens (primary N) is 5. The van der Waals surface area contributed by atoms with Crippen molar-refractivity contribution in [1.29, 1.82) is 0 Å². The standard InChI is InChI=1S/C10H11NO7S2.2C10H9NO7S2.C10H9NO4S.C10H11NO4S/c11-8-4-7-5(2-10(8)20(16,17)18)1-6(3-9(7)12)19(13,14)15;11-5-3-6-8(19(13,14)15)2-1-7(12)10(6)9(4-5)20(16,17)18;11-8-2-1-6-7(10(8)20(16,17)18)3-5(4-9(6)12)19(13,14)15;11-7-1-2-9-6(3-7)4-8(5-10(9)12)16(13,14)15;11-7-2-1-6-3-8(16(13,14)15)5-10(12)9(6)4-7/h2-3,7H,1,4,11H2,(H,13,14,15)(H,16,17,18);1-2,4H,3,11H2,(H,13,14,15)(H,16,17,18);1-4,10H,11H2,(H,13,14,15)(H,16,17,18);1-2,4-5H,3,11H2,(H,13,14,15);1-2,5,9H,3-4,11H2,(H,13,14,15). The first kappa shape index (κ1) is 73.0. The molecule has 3 unspecified atom stereocenters. The van der Waals surface area contributed by atoms with Crippen LogP contribution >= 0.6 is 0 Å². The third kappa shape index (κ3) is 17.3. The predicted octanol–water partition coefficient (Wildman–Crippen LogP) is -0.343. The van der Waals surface area contributed by atoms with E-state index in [4.69, 9.17) is 65.1 Å². The van der Waals surface area contributed by atoms with Gasteiger partial charge in [-0.25, -0.2) is 0 Å². The van der Waals surface area contributed by atoms with Crippen LogP contribution in [0.25, 0.3) is 0 Å². The molecule has 0 bridgehead atoms. The summed E-state index contributed by atoms with van der Waals surface area (Å²) in [6.45, 7) is 0. The van der Waals surface area contributed by atoms with E-state index in [1.165, 1.54) is 12.2 Å². The smallest absolute Gasteiger partial charge is 0.296 e. The second kappa shape index (κ2) is 26.2. The fourth-order valence-corrected chi connectivity index (χ4v) is 15.1. The third-order valence-corrected chi connectivity index (χ3v) is 21.1. The van der Waals surface area contributed by atoms with Crippen LogP contribution in [0.2, 0.25) is 0 Å². The van der Waals surface area contributed by atoms with E-state index in [0.717, 1.165) is 54.7 Å². The van der Waals surface area contributed by atoms with Crippen LogP contribution in [0.4, 0.5) is 0 Å². The van der Waals surface area contributed by atoms with Crippen molar-refractivity contribution < 1.29 is 128 Å². The monoisotopic (exact) mass is 1440 g/mol. The van der Waals surface area contributed by atoms with E-state index >= 15 is 0 Å². The molecule has 42 heteroatoms. The average molecular weight is 1440 g/mol. The molecule has 0 aromatic rings. The van der Waals surface area contributed by atoms with Gasteiger partial charge in [0.05, 0.1) is 24.5 Å². The molecule has 10 aliphatic carbocycles. The molecule has 3 atom stereocenters. The summed E-state index contributed by atoms with van der Waals surface area (Å²) in [5, 5.41) is -1.75. The minimum Gasteiger partial charge on any atom is -0.402 e. The normalized spacial score (nSPS) is 22.7. The Bertz CT molecular complexity index is 5030. The summed E-state index contributed by atoms with van der Waals surface area (Å²) in [6.07, 6.45) is 17.9. The van der Waals surface area contributed by atoms with E-state index in [-0.39, 0.29) is 86.6 Å². The summed E-state index contributed by atoms with van der Waals surface area (Å²) >= 11 is 0. The second-order valence-electron chi connectivity index (χ2n) is 20.2. The van der Waals surface area contributed by atoms with Crippen LogP contribution in [0.5, 0.6) is 0 Å². The Morgan fingerprint density at radius 2 is 0.859 bits per heavy atom. The predicted molar refractivity (Wildman–Crippen MR) is 320 cm³/mol. The molecule has 0 radical (unpaired) electrons. The zero-order valence-corrected chi connectivity index (χ0v) is 52.5. The fourth-order valence-electron chi connectivity index (χ4n) is 9.64. The summed E-state index contributed by atoms with van der Waals surface area (Å²) in [7, 11) is -36.6. The van der Waals surface area contributed by atoms with Gasteiger partial charge in [-0.2, -0.15) is 67.3 Å². The first-order valence-corrected chi connectivity index (χ1v) is 36.4. The zero-order valence-electron chi connectivity index (χ0n) is 46.0. The van der Waals surface area contributed by atoms with Crippen molar-refractivity contribution in [3.8, 4) is 0 Å². The number of rotatable bonds is 8. The highest BCUT2D eigenvalue weighted by Crippen LogP contribution is 2.41.